The quantitative estimate of drug-likeness (QED) is 0.483. The lowest BCUT2D eigenvalue weighted by atomic mass is 10.1. The van der Waals surface area contributed by atoms with Crippen LogP contribution in [0.15, 0.2) is 16.8 Å². The van der Waals surface area contributed by atoms with Crippen molar-refractivity contribution in [1.82, 2.24) is 24.7 Å². The molecule has 0 fully saturated rings. The number of anilines is 1. The summed E-state index contributed by atoms with van der Waals surface area (Å²) in [7, 11) is 1.64. The highest BCUT2D eigenvalue weighted by Gasteiger charge is 2.24. The van der Waals surface area contributed by atoms with E-state index in [9.17, 15) is 9.90 Å². The van der Waals surface area contributed by atoms with E-state index in [0.717, 1.165) is 39.2 Å². The lowest BCUT2D eigenvalue weighted by Crippen LogP contribution is -2.28. The molecule has 0 atom stereocenters. The molecule has 0 radical (unpaired) electrons. The van der Waals surface area contributed by atoms with Gasteiger partial charge in [-0.25, -0.2) is 14.5 Å². The molecule has 0 saturated heterocycles. The Morgan fingerprint density at radius 3 is 2.74 bits per heavy atom. The Morgan fingerprint density at radius 1 is 1.29 bits per heavy atom. The first-order chi connectivity index (χ1) is 16.6. The van der Waals surface area contributed by atoms with Gasteiger partial charge in [-0.1, -0.05) is 5.57 Å². The van der Waals surface area contributed by atoms with Crippen LogP contribution in [0.3, 0.4) is 0 Å². The summed E-state index contributed by atoms with van der Waals surface area (Å²) in [6.07, 6.45) is 3.68. The van der Waals surface area contributed by atoms with Crippen LogP contribution in [0.2, 0.25) is 0 Å². The zero-order valence-electron chi connectivity index (χ0n) is 20.8. The number of nitrogens with one attached hydrogen (secondary N) is 1. The Labute approximate surface area is 208 Å². The normalized spacial score (nSPS) is 13.4. The van der Waals surface area contributed by atoms with E-state index < -0.39 is 11.7 Å². The van der Waals surface area contributed by atoms with E-state index in [0.29, 0.717) is 29.4 Å². The molecule has 3 aromatic heterocycles. The molecular weight excluding hydrogens is 468 g/mol. The Hall–Kier alpha value is -3.18. The second-order valence-electron chi connectivity index (χ2n) is 9.33. The average Bonchev–Trinajstić information content (AvgIpc) is 2.99. The highest BCUT2D eigenvalue weighted by molar-refractivity contribution is 7.99. The average molecular weight is 499 g/mol. The zero-order valence-corrected chi connectivity index (χ0v) is 21.6. The van der Waals surface area contributed by atoms with Gasteiger partial charge >= 0.3 is 6.09 Å². The van der Waals surface area contributed by atoms with Crippen molar-refractivity contribution in [3.05, 3.63) is 34.3 Å². The number of aliphatic hydroxyl groups is 1. The van der Waals surface area contributed by atoms with Crippen LogP contribution in [-0.4, -0.2) is 61.0 Å². The fourth-order valence-corrected chi connectivity index (χ4v) is 4.93. The summed E-state index contributed by atoms with van der Waals surface area (Å²) in [4.78, 5) is 26.2. The highest BCUT2D eigenvalue weighted by Crippen LogP contribution is 2.36. The predicted octanol–water partition coefficient (Wildman–Crippen LogP) is 4.11. The van der Waals surface area contributed by atoms with Gasteiger partial charge in [0.15, 0.2) is 5.65 Å². The smallest absolute Gasteiger partial charge is 0.414 e. The van der Waals surface area contributed by atoms with Gasteiger partial charge in [0.2, 0.25) is 5.95 Å². The molecule has 10 nitrogen and oxygen atoms in total. The van der Waals surface area contributed by atoms with Gasteiger partial charge in [0.1, 0.15) is 16.4 Å². The number of hydrogen-bond acceptors (Lipinski definition) is 9. The molecule has 4 rings (SSSR count). The number of rotatable bonds is 6. The van der Waals surface area contributed by atoms with Crippen LogP contribution in [0, 0.1) is 13.8 Å². The fraction of sp³-hybridized carbons (Fsp3) is 0.458. The monoisotopic (exact) mass is 498 g/mol. The molecule has 0 unspecified atom stereocenters. The standard InChI is InChI=1S/C24H30N6O4S/c1-13-10-25-17(14(2)19(13)33-6)11-30-20-18-16(29-30)9-15(7-8-31)12-35-21(18)27-22(26-20)28-23(32)34-24(3,4)5/h9-10,31H,7-8,11-12H2,1-6H3,(H,26,27,28,32). The number of carbonyl (C=O) groups is 1. The summed E-state index contributed by atoms with van der Waals surface area (Å²) in [5.74, 6) is 1.58. The molecule has 0 bridgehead atoms. The maximum absolute atomic E-state index is 12.4. The van der Waals surface area contributed by atoms with E-state index in [2.05, 4.69) is 20.3 Å². The SMILES string of the molecule is COc1c(C)cnc(Cn2nc3c4c(nc(NC(=O)OC(C)(C)C)nc42)SCC(CCO)=C3)c1C. The van der Waals surface area contributed by atoms with Gasteiger partial charge in [0, 0.05) is 29.7 Å². The van der Waals surface area contributed by atoms with Gasteiger partial charge in [-0.2, -0.15) is 10.1 Å². The molecule has 1 aliphatic heterocycles. The summed E-state index contributed by atoms with van der Waals surface area (Å²) >= 11 is 1.52. The topological polar surface area (TPSA) is 124 Å². The largest absolute Gasteiger partial charge is 0.496 e. The van der Waals surface area contributed by atoms with E-state index in [-0.39, 0.29) is 12.6 Å². The molecular formula is C24H30N6O4S. The van der Waals surface area contributed by atoms with Crippen LogP contribution in [-0.2, 0) is 11.3 Å². The molecule has 1 aliphatic rings. The van der Waals surface area contributed by atoms with Crippen LogP contribution >= 0.6 is 11.8 Å². The van der Waals surface area contributed by atoms with Crippen LogP contribution in [0.5, 0.6) is 5.75 Å². The first kappa shape index (κ1) is 24.9. The maximum Gasteiger partial charge on any atom is 0.414 e. The molecule has 186 valence electrons. The summed E-state index contributed by atoms with van der Waals surface area (Å²) in [6.45, 7) is 9.71. The van der Waals surface area contributed by atoms with Crippen molar-refractivity contribution in [3.63, 3.8) is 0 Å². The van der Waals surface area contributed by atoms with Crippen LogP contribution in [0.1, 0.15) is 49.7 Å². The molecule has 0 saturated carbocycles. The molecule has 11 heteroatoms. The second-order valence-corrected chi connectivity index (χ2v) is 10.3. The number of ether oxygens (including phenoxy) is 2. The number of aryl methyl sites for hydroxylation is 1. The summed E-state index contributed by atoms with van der Waals surface area (Å²) in [5, 5.41) is 18.5. The minimum absolute atomic E-state index is 0.0516. The molecule has 0 aromatic carbocycles. The Morgan fingerprint density at radius 2 is 2.06 bits per heavy atom. The number of methoxy groups -OCH3 is 1. The van der Waals surface area contributed by atoms with Gasteiger partial charge in [-0.3, -0.25) is 10.3 Å². The van der Waals surface area contributed by atoms with Crippen molar-refractivity contribution in [2.24, 2.45) is 0 Å². The van der Waals surface area contributed by atoms with Crippen molar-refractivity contribution in [3.8, 4) is 5.75 Å². The van der Waals surface area contributed by atoms with Crippen molar-refractivity contribution in [2.75, 3.05) is 24.8 Å². The Kier molecular flexibility index (Phi) is 7.00. The summed E-state index contributed by atoms with van der Waals surface area (Å²) in [6, 6.07) is 0. The minimum Gasteiger partial charge on any atom is -0.496 e. The minimum atomic E-state index is -0.652. The molecule has 0 spiro atoms. The molecule has 4 heterocycles. The van der Waals surface area contributed by atoms with Gasteiger partial charge < -0.3 is 14.6 Å². The second kappa shape index (κ2) is 9.82. The number of nitrogens with zero attached hydrogens (tertiary/aromatic N) is 5. The number of pyridine rings is 1. The van der Waals surface area contributed by atoms with E-state index in [4.69, 9.17) is 14.6 Å². The molecule has 2 N–H and O–H groups in total. The van der Waals surface area contributed by atoms with Gasteiger partial charge in [0.05, 0.1) is 30.4 Å². The fourth-order valence-electron chi connectivity index (χ4n) is 3.89. The van der Waals surface area contributed by atoms with Gasteiger partial charge in [-0.05, 0) is 47.1 Å². The lowest BCUT2D eigenvalue weighted by Gasteiger charge is -2.19. The van der Waals surface area contributed by atoms with Crippen LogP contribution < -0.4 is 10.1 Å². The molecule has 0 aliphatic carbocycles. The molecule has 3 aromatic rings. The zero-order chi connectivity index (χ0) is 25.3. The van der Waals surface area contributed by atoms with Crippen LogP contribution in [0.25, 0.3) is 17.1 Å². The number of carbonyl (C=O) groups excluding carboxylic acids is 1. The Bertz CT molecular complexity index is 1310. The first-order valence-corrected chi connectivity index (χ1v) is 12.3. The Balaban J connectivity index is 1.81. The highest BCUT2D eigenvalue weighted by atomic mass is 32.2. The maximum atomic E-state index is 12.4. The van der Waals surface area contributed by atoms with E-state index in [1.165, 1.54) is 11.8 Å². The van der Waals surface area contributed by atoms with Crippen LogP contribution in [0.4, 0.5) is 10.7 Å². The van der Waals surface area contributed by atoms with E-state index in [1.807, 2.05) is 19.9 Å². The molecule has 35 heavy (non-hydrogen) atoms. The van der Waals surface area contributed by atoms with Crippen molar-refractivity contribution in [1.29, 1.82) is 0 Å². The lowest BCUT2D eigenvalue weighted by molar-refractivity contribution is 0.0634. The first-order valence-electron chi connectivity index (χ1n) is 11.3. The third kappa shape index (κ3) is 5.40. The van der Waals surface area contributed by atoms with Crippen molar-refractivity contribution < 1.29 is 19.4 Å². The van der Waals surface area contributed by atoms with Crippen molar-refractivity contribution in [2.45, 2.75) is 58.2 Å². The summed E-state index contributed by atoms with van der Waals surface area (Å²) in [5.41, 5.74) is 4.38. The number of aromatic nitrogens is 5. The molecule has 1 amide bonds. The number of hydrogen-bond donors (Lipinski definition) is 2. The predicted molar refractivity (Wildman–Crippen MR) is 135 cm³/mol. The van der Waals surface area contributed by atoms with Gasteiger partial charge in [0.25, 0.3) is 0 Å². The third-order valence-electron chi connectivity index (χ3n) is 5.42. The number of thioether (sulfide) groups is 1. The van der Waals surface area contributed by atoms with Gasteiger partial charge in [-0.15, -0.1) is 11.8 Å². The van der Waals surface area contributed by atoms with E-state index in [1.54, 1.807) is 38.8 Å². The van der Waals surface area contributed by atoms with Crippen molar-refractivity contribution >= 4 is 40.9 Å². The summed E-state index contributed by atoms with van der Waals surface area (Å²) < 4.78 is 12.7. The third-order valence-corrected chi connectivity index (χ3v) is 6.50. The number of aliphatic hydroxyl groups excluding tert-OH is 1. The number of amides is 1. The van der Waals surface area contributed by atoms with E-state index >= 15 is 0 Å².